The van der Waals surface area contributed by atoms with Crippen molar-refractivity contribution in [2.24, 2.45) is 0 Å². The van der Waals surface area contributed by atoms with E-state index in [0.29, 0.717) is 6.61 Å². The molecule has 0 aliphatic rings. The Hall–Kier alpha value is 0.996. The Morgan fingerprint density at radius 1 is 1.14 bits per heavy atom. The first-order valence-corrected chi connectivity index (χ1v) is 2.11. The van der Waals surface area contributed by atoms with Crippen LogP contribution in [0.15, 0.2) is 0 Å². The Bertz CT molecular complexity index is 57.3. The summed E-state index contributed by atoms with van der Waals surface area (Å²) in [5, 5.41) is 14.8. The summed E-state index contributed by atoms with van der Waals surface area (Å²) < 4.78 is 0. The van der Waals surface area contributed by atoms with Crippen LogP contribution in [0.5, 0.6) is 0 Å². The van der Waals surface area contributed by atoms with Gasteiger partial charge in [-0.1, -0.05) is 0 Å². The molecular weight excluding hydrogens is 358 g/mol. The minimum Gasteiger partial charge on any atom is -0.481 e. The summed E-state index contributed by atoms with van der Waals surface area (Å²) in [6, 6.07) is 0. The number of rotatable bonds is 1. The molecule has 0 saturated carbocycles. The summed E-state index contributed by atoms with van der Waals surface area (Å²) in [4.78, 5) is 12.5. The molecule has 0 aliphatic heterocycles. The molecule has 0 unspecified atom stereocenters. The van der Waals surface area contributed by atoms with E-state index in [1.165, 1.54) is 0 Å². The molecule has 0 rings (SSSR count). The molecule has 10 N–H and O–H groups in total. The minimum atomic E-state index is -0.833. The third-order valence-corrected chi connectivity index (χ3v) is 0.129. The second-order valence-corrected chi connectivity index (χ2v) is 0.937. The quantitative estimate of drug-likeness (QED) is 0.371. The van der Waals surface area contributed by atoms with E-state index in [4.69, 9.17) is 15.2 Å². The van der Waals surface area contributed by atoms with Gasteiger partial charge in [-0.05, 0) is 6.92 Å². The molecule has 10 heteroatoms. The predicted molar refractivity (Wildman–Crippen MR) is 42.0 cm³/mol. The summed E-state index contributed by atoms with van der Waals surface area (Å²) in [6.07, 6.45) is 0. The van der Waals surface area contributed by atoms with Crippen LogP contribution in [0.3, 0.4) is 0 Å². The van der Waals surface area contributed by atoms with Gasteiger partial charge in [0.15, 0.2) is 0 Å². The van der Waals surface area contributed by atoms with E-state index in [2.05, 4.69) is 4.89 Å². The topological polar surface area (TPSA) is 193 Å². The number of carbonyl (C=O) groups is 1. The first-order valence-electron chi connectivity index (χ1n) is 2.11. The zero-order valence-corrected chi connectivity index (χ0v) is 12.8. The fourth-order valence-corrected chi connectivity index (χ4v) is 0. The molecular formula is C4H18O8Zr2. The van der Waals surface area contributed by atoms with E-state index in [-0.39, 0.29) is 74.3 Å². The van der Waals surface area contributed by atoms with Gasteiger partial charge < -0.3 is 27.0 Å². The van der Waals surface area contributed by atoms with Crippen molar-refractivity contribution < 1.29 is 94.4 Å². The first kappa shape index (κ1) is 60.0. The molecule has 0 aromatic heterocycles. The maximum atomic E-state index is 9.00. The molecule has 14 heavy (non-hydrogen) atoms. The maximum Gasteiger partial charge on any atom is 0.300 e. The second kappa shape index (κ2) is 65.7. The van der Waals surface area contributed by atoms with Crippen LogP contribution in [-0.2, 0) is 62.1 Å². The normalized spacial score (nSPS) is 3.93. The van der Waals surface area contributed by atoms with Gasteiger partial charge >= 0.3 is 0 Å². The molecule has 0 aliphatic carbocycles. The first-order chi connectivity index (χ1) is 3.65. The van der Waals surface area contributed by atoms with Crippen molar-refractivity contribution in [1.29, 1.82) is 0 Å². The Balaban J connectivity index is -0.00000000600. The third-order valence-electron chi connectivity index (χ3n) is 0.129. The van der Waals surface area contributed by atoms with E-state index in [1.807, 2.05) is 0 Å². The number of hydrogen-bond acceptors (Lipinski definition) is 3. The van der Waals surface area contributed by atoms with Crippen LogP contribution in [0, 0.1) is 0 Å². The van der Waals surface area contributed by atoms with Crippen molar-refractivity contribution in [1.82, 2.24) is 0 Å². The molecule has 8 nitrogen and oxygen atoms in total. The van der Waals surface area contributed by atoms with Crippen LogP contribution in [0.4, 0.5) is 0 Å². The van der Waals surface area contributed by atoms with Crippen molar-refractivity contribution in [2.45, 2.75) is 13.8 Å². The molecule has 0 aromatic carbocycles. The van der Waals surface area contributed by atoms with Crippen molar-refractivity contribution >= 4 is 5.97 Å². The Labute approximate surface area is 120 Å². The van der Waals surface area contributed by atoms with Gasteiger partial charge in [0.05, 0.1) is 6.61 Å². The summed E-state index contributed by atoms with van der Waals surface area (Å²) in [5.74, 6) is -0.833. The average molecular weight is 377 g/mol. The number of carboxylic acid groups (broad SMARTS) is 1. The van der Waals surface area contributed by atoms with E-state index in [9.17, 15) is 0 Å². The zero-order valence-electron chi connectivity index (χ0n) is 7.92. The Morgan fingerprint density at radius 3 is 1.21 bits per heavy atom. The summed E-state index contributed by atoms with van der Waals surface area (Å²) in [5.41, 5.74) is 0. The Morgan fingerprint density at radius 2 is 1.21 bits per heavy atom. The van der Waals surface area contributed by atoms with Crippen LogP contribution >= 0.6 is 0 Å². The molecule has 0 amide bonds. The van der Waals surface area contributed by atoms with E-state index < -0.39 is 5.97 Å². The van der Waals surface area contributed by atoms with Gasteiger partial charge in [0.1, 0.15) is 0 Å². The number of carboxylic acids is 1. The average Bonchev–Trinajstić information content (AvgIpc) is 1.65. The van der Waals surface area contributed by atoms with Crippen LogP contribution < -0.4 is 0 Å². The summed E-state index contributed by atoms with van der Waals surface area (Å²) >= 11 is 0. The molecule has 0 radical (unpaired) electrons. The van der Waals surface area contributed by atoms with Gasteiger partial charge in [-0.3, -0.25) is 10.1 Å². The van der Waals surface area contributed by atoms with Crippen LogP contribution in [0.2, 0.25) is 0 Å². The van der Waals surface area contributed by atoms with Crippen molar-refractivity contribution in [3.05, 3.63) is 0 Å². The molecule has 0 atom stereocenters. The number of aliphatic carboxylic acids is 1. The standard InChI is InChI=1S/C2H6O2.C2H4O2.4H2O.2Zr/c1-2-4-3;1-2(3)4;;;;;;/h3H,2H2,1H3;1H3,(H,3,4);4*1H2;;. The fraction of sp³-hybridized carbons (Fsp3) is 0.750. The van der Waals surface area contributed by atoms with Crippen LogP contribution in [-0.4, -0.2) is 44.8 Å². The van der Waals surface area contributed by atoms with Gasteiger partial charge in [0.25, 0.3) is 5.97 Å². The smallest absolute Gasteiger partial charge is 0.300 e. The second-order valence-electron chi connectivity index (χ2n) is 0.937. The maximum absolute atomic E-state index is 9.00. The van der Waals surface area contributed by atoms with E-state index >= 15 is 0 Å². The molecule has 0 spiro atoms. The van der Waals surface area contributed by atoms with Crippen molar-refractivity contribution in [3.8, 4) is 0 Å². The van der Waals surface area contributed by atoms with E-state index in [1.54, 1.807) is 6.92 Å². The van der Waals surface area contributed by atoms with Crippen LogP contribution in [0.25, 0.3) is 0 Å². The van der Waals surface area contributed by atoms with E-state index in [0.717, 1.165) is 6.92 Å². The third kappa shape index (κ3) is 469. The van der Waals surface area contributed by atoms with Gasteiger partial charge in [0, 0.05) is 59.3 Å². The number of hydrogen-bond donors (Lipinski definition) is 2. The molecule has 0 fully saturated rings. The fourth-order valence-electron chi connectivity index (χ4n) is 0. The van der Waals surface area contributed by atoms with Gasteiger partial charge in [-0.15, -0.1) is 0 Å². The molecule has 0 saturated heterocycles. The summed E-state index contributed by atoms with van der Waals surface area (Å²) in [7, 11) is 0. The van der Waals surface area contributed by atoms with Crippen LogP contribution in [0.1, 0.15) is 13.8 Å². The minimum absolute atomic E-state index is 0. The predicted octanol–water partition coefficient (Wildman–Crippen LogP) is -2.72. The molecule has 0 bridgehead atoms. The SMILES string of the molecule is CC(=O)O.CCOO.O.O.O.O.[Zr].[Zr]. The molecule has 90 valence electrons. The largest absolute Gasteiger partial charge is 0.481 e. The van der Waals surface area contributed by atoms with Gasteiger partial charge in [-0.2, -0.15) is 0 Å². The molecule has 0 aromatic rings. The van der Waals surface area contributed by atoms with Gasteiger partial charge in [0.2, 0.25) is 0 Å². The van der Waals surface area contributed by atoms with Gasteiger partial charge in [-0.25, -0.2) is 4.89 Å². The zero-order chi connectivity index (χ0) is 6.99. The summed E-state index contributed by atoms with van der Waals surface area (Å²) in [6.45, 7) is 3.17. The monoisotopic (exact) mass is 374 g/mol. The van der Waals surface area contributed by atoms with Crippen molar-refractivity contribution in [3.63, 3.8) is 0 Å². The molecule has 0 heterocycles. The Kier molecular flexibility index (Phi) is 282. The van der Waals surface area contributed by atoms with Crippen molar-refractivity contribution in [2.75, 3.05) is 6.61 Å².